The highest BCUT2D eigenvalue weighted by molar-refractivity contribution is 5.89. The molecular weight excluding hydrogens is 220 g/mol. The van der Waals surface area contributed by atoms with Crippen molar-refractivity contribution in [3.63, 3.8) is 0 Å². The zero-order valence-electron chi connectivity index (χ0n) is 10.5. The SMILES string of the molecule is CC(C)N1CC(C(=O)N2CCOCC2)CC1=O. The summed E-state index contributed by atoms with van der Waals surface area (Å²) in [6.45, 7) is 7.09. The third-order valence-corrected chi connectivity index (χ3v) is 3.45. The lowest BCUT2D eigenvalue weighted by Gasteiger charge is -2.29. The number of morpholine rings is 1. The molecule has 17 heavy (non-hydrogen) atoms. The zero-order chi connectivity index (χ0) is 12.4. The molecule has 2 fully saturated rings. The lowest BCUT2D eigenvalue weighted by Crippen LogP contribution is -2.44. The topological polar surface area (TPSA) is 49.9 Å². The number of hydrogen-bond donors (Lipinski definition) is 0. The molecule has 96 valence electrons. The van der Waals surface area contributed by atoms with Gasteiger partial charge in [-0.3, -0.25) is 9.59 Å². The molecule has 0 saturated carbocycles. The maximum atomic E-state index is 12.2. The molecular formula is C12H20N2O3. The summed E-state index contributed by atoms with van der Waals surface area (Å²) in [6.07, 6.45) is 0.369. The van der Waals surface area contributed by atoms with E-state index < -0.39 is 0 Å². The van der Waals surface area contributed by atoms with Crippen LogP contribution >= 0.6 is 0 Å². The van der Waals surface area contributed by atoms with Gasteiger partial charge in [0.1, 0.15) is 0 Å². The maximum absolute atomic E-state index is 12.2. The first kappa shape index (κ1) is 12.4. The predicted octanol–water partition coefficient (Wildman–Crippen LogP) is 0.102. The molecule has 0 N–H and O–H groups in total. The molecule has 5 heteroatoms. The third kappa shape index (κ3) is 2.60. The van der Waals surface area contributed by atoms with E-state index in [9.17, 15) is 9.59 Å². The van der Waals surface area contributed by atoms with Gasteiger partial charge in [0, 0.05) is 32.1 Å². The summed E-state index contributed by atoms with van der Waals surface area (Å²) < 4.78 is 5.22. The Bertz CT molecular complexity index is 311. The molecule has 0 spiro atoms. The van der Waals surface area contributed by atoms with Gasteiger partial charge in [-0.15, -0.1) is 0 Å². The molecule has 2 amide bonds. The second-order valence-corrected chi connectivity index (χ2v) is 4.98. The number of nitrogens with zero attached hydrogens (tertiary/aromatic N) is 2. The van der Waals surface area contributed by atoms with Gasteiger partial charge >= 0.3 is 0 Å². The van der Waals surface area contributed by atoms with Gasteiger partial charge in [-0.25, -0.2) is 0 Å². The number of carbonyl (C=O) groups excluding carboxylic acids is 2. The van der Waals surface area contributed by atoms with E-state index >= 15 is 0 Å². The Morgan fingerprint density at radius 1 is 1.35 bits per heavy atom. The van der Waals surface area contributed by atoms with Crippen LogP contribution in [0.3, 0.4) is 0 Å². The Labute approximate surface area is 102 Å². The van der Waals surface area contributed by atoms with Crippen LogP contribution in [0.2, 0.25) is 0 Å². The Balaban J connectivity index is 1.95. The normalized spacial score (nSPS) is 25.8. The number of carbonyl (C=O) groups is 2. The van der Waals surface area contributed by atoms with Crippen molar-refractivity contribution in [3.8, 4) is 0 Å². The Kier molecular flexibility index (Phi) is 3.66. The Morgan fingerprint density at radius 2 is 2.00 bits per heavy atom. The summed E-state index contributed by atoms with van der Waals surface area (Å²) in [4.78, 5) is 27.6. The van der Waals surface area contributed by atoms with Crippen molar-refractivity contribution in [2.24, 2.45) is 5.92 Å². The molecule has 2 heterocycles. The predicted molar refractivity (Wildman–Crippen MR) is 62.4 cm³/mol. The van der Waals surface area contributed by atoms with E-state index in [1.54, 1.807) is 4.90 Å². The van der Waals surface area contributed by atoms with Crippen LogP contribution in [-0.2, 0) is 14.3 Å². The minimum absolute atomic E-state index is 0.103. The van der Waals surface area contributed by atoms with Crippen LogP contribution in [0.5, 0.6) is 0 Å². The van der Waals surface area contributed by atoms with Crippen molar-refractivity contribution < 1.29 is 14.3 Å². The second-order valence-electron chi connectivity index (χ2n) is 4.98. The van der Waals surface area contributed by atoms with Gasteiger partial charge in [-0.1, -0.05) is 0 Å². The highest BCUT2D eigenvalue weighted by atomic mass is 16.5. The first-order valence-corrected chi connectivity index (χ1v) is 6.25. The molecule has 0 aromatic carbocycles. The standard InChI is InChI=1S/C12H20N2O3/c1-9(2)14-8-10(7-11(14)15)12(16)13-3-5-17-6-4-13/h9-10H,3-8H2,1-2H3. The van der Waals surface area contributed by atoms with Crippen LogP contribution in [-0.4, -0.2) is 60.5 Å². The fraction of sp³-hybridized carbons (Fsp3) is 0.833. The van der Waals surface area contributed by atoms with E-state index in [4.69, 9.17) is 4.74 Å². The lowest BCUT2D eigenvalue weighted by molar-refractivity contribution is -0.139. The van der Waals surface area contributed by atoms with Gasteiger partial charge in [0.2, 0.25) is 11.8 Å². The van der Waals surface area contributed by atoms with Crippen molar-refractivity contribution in [2.45, 2.75) is 26.3 Å². The molecule has 0 aromatic rings. The number of hydrogen-bond acceptors (Lipinski definition) is 3. The number of likely N-dealkylation sites (tertiary alicyclic amines) is 1. The monoisotopic (exact) mass is 240 g/mol. The van der Waals surface area contributed by atoms with Crippen molar-refractivity contribution >= 4 is 11.8 Å². The number of amides is 2. The Morgan fingerprint density at radius 3 is 2.53 bits per heavy atom. The largest absolute Gasteiger partial charge is 0.378 e. The van der Waals surface area contributed by atoms with Crippen LogP contribution in [0.4, 0.5) is 0 Å². The van der Waals surface area contributed by atoms with Crippen LogP contribution in [0.25, 0.3) is 0 Å². The van der Waals surface area contributed by atoms with Crippen molar-refractivity contribution in [1.82, 2.24) is 9.80 Å². The van der Waals surface area contributed by atoms with Crippen molar-refractivity contribution in [3.05, 3.63) is 0 Å². The summed E-state index contributed by atoms with van der Waals surface area (Å²) in [7, 11) is 0. The highest BCUT2D eigenvalue weighted by Gasteiger charge is 2.37. The van der Waals surface area contributed by atoms with Crippen LogP contribution in [0, 0.1) is 5.92 Å². The number of rotatable bonds is 2. The molecule has 1 unspecified atom stereocenters. The van der Waals surface area contributed by atoms with Crippen molar-refractivity contribution in [2.75, 3.05) is 32.8 Å². The molecule has 0 aromatic heterocycles. The van der Waals surface area contributed by atoms with Crippen LogP contribution in [0.1, 0.15) is 20.3 Å². The summed E-state index contributed by atoms with van der Waals surface area (Å²) in [5.74, 6) is 0.0689. The number of ether oxygens (including phenoxy) is 1. The zero-order valence-corrected chi connectivity index (χ0v) is 10.5. The van der Waals surface area contributed by atoms with Crippen molar-refractivity contribution in [1.29, 1.82) is 0 Å². The highest BCUT2D eigenvalue weighted by Crippen LogP contribution is 2.22. The average Bonchev–Trinajstić information content (AvgIpc) is 2.71. The van der Waals surface area contributed by atoms with Gasteiger partial charge in [-0.2, -0.15) is 0 Å². The fourth-order valence-corrected chi connectivity index (χ4v) is 2.44. The van der Waals surface area contributed by atoms with E-state index in [-0.39, 0.29) is 23.8 Å². The molecule has 5 nitrogen and oxygen atoms in total. The average molecular weight is 240 g/mol. The first-order chi connectivity index (χ1) is 8.09. The molecule has 1 atom stereocenters. The first-order valence-electron chi connectivity index (χ1n) is 6.25. The molecule has 0 aliphatic carbocycles. The summed E-state index contributed by atoms with van der Waals surface area (Å²) in [6, 6.07) is 0.185. The summed E-state index contributed by atoms with van der Waals surface area (Å²) in [5.41, 5.74) is 0. The smallest absolute Gasteiger partial charge is 0.228 e. The van der Waals surface area contributed by atoms with Gasteiger partial charge in [0.25, 0.3) is 0 Å². The van der Waals surface area contributed by atoms with Gasteiger partial charge in [0.15, 0.2) is 0 Å². The fourth-order valence-electron chi connectivity index (χ4n) is 2.44. The van der Waals surface area contributed by atoms with Crippen LogP contribution in [0.15, 0.2) is 0 Å². The van der Waals surface area contributed by atoms with E-state index in [0.717, 1.165) is 0 Å². The molecule has 2 aliphatic rings. The molecule has 2 aliphatic heterocycles. The van der Waals surface area contributed by atoms with Gasteiger partial charge < -0.3 is 14.5 Å². The molecule has 2 rings (SSSR count). The minimum atomic E-state index is -0.150. The minimum Gasteiger partial charge on any atom is -0.378 e. The van der Waals surface area contributed by atoms with E-state index in [1.165, 1.54) is 0 Å². The van der Waals surface area contributed by atoms with Crippen LogP contribution < -0.4 is 0 Å². The maximum Gasteiger partial charge on any atom is 0.228 e. The lowest BCUT2D eigenvalue weighted by atomic mass is 10.1. The summed E-state index contributed by atoms with van der Waals surface area (Å²) >= 11 is 0. The van der Waals surface area contributed by atoms with Gasteiger partial charge in [0.05, 0.1) is 19.1 Å². The molecule has 0 bridgehead atoms. The second kappa shape index (κ2) is 5.04. The molecule has 0 radical (unpaired) electrons. The van der Waals surface area contributed by atoms with Gasteiger partial charge in [-0.05, 0) is 13.8 Å². The quantitative estimate of drug-likeness (QED) is 0.688. The Hall–Kier alpha value is -1.10. The summed E-state index contributed by atoms with van der Waals surface area (Å²) in [5, 5.41) is 0. The van der Waals surface area contributed by atoms with E-state index in [0.29, 0.717) is 39.3 Å². The van der Waals surface area contributed by atoms with E-state index in [2.05, 4.69) is 0 Å². The molecule has 2 saturated heterocycles. The third-order valence-electron chi connectivity index (χ3n) is 3.45. The van der Waals surface area contributed by atoms with E-state index in [1.807, 2.05) is 18.7 Å².